The zero-order valence-corrected chi connectivity index (χ0v) is 8.58. The van der Waals surface area contributed by atoms with Crippen molar-refractivity contribution in [3.63, 3.8) is 0 Å². The summed E-state index contributed by atoms with van der Waals surface area (Å²) in [4.78, 5) is 6.57. The van der Waals surface area contributed by atoms with Gasteiger partial charge in [0.25, 0.3) is 0 Å². The number of allylic oxidation sites excluding steroid dienone is 1. The predicted molar refractivity (Wildman–Crippen MR) is 56.7 cm³/mol. The summed E-state index contributed by atoms with van der Waals surface area (Å²) in [5.74, 6) is 0. The summed E-state index contributed by atoms with van der Waals surface area (Å²) in [6.07, 6.45) is 6.39. The Morgan fingerprint density at radius 1 is 1.38 bits per heavy atom. The monoisotopic (exact) mass is 181 g/mol. The Hall–Kier alpha value is -0.990. The molecular formula is C10H19N3. The number of nitrogens with zero attached hydrogens (tertiary/aromatic N) is 2. The molecule has 0 radical (unpaired) electrons. The SMILES string of the molecule is CCCN(CCC)C1=CNCN=C1. The molecule has 0 atom stereocenters. The number of hydrogen-bond acceptors (Lipinski definition) is 3. The molecule has 0 aromatic rings. The summed E-state index contributed by atoms with van der Waals surface area (Å²) in [6.45, 7) is 7.36. The Bertz CT molecular complexity index is 190. The van der Waals surface area contributed by atoms with E-state index in [4.69, 9.17) is 0 Å². The number of rotatable bonds is 5. The fraction of sp³-hybridized carbons (Fsp3) is 0.700. The number of nitrogens with one attached hydrogen (secondary N) is 1. The van der Waals surface area contributed by atoms with Crippen LogP contribution in [-0.2, 0) is 0 Å². The summed E-state index contributed by atoms with van der Waals surface area (Å²) in [5, 5.41) is 3.13. The summed E-state index contributed by atoms with van der Waals surface area (Å²) in [7, 11) is 0. The van der Waals surface area contributed by atoms with Gasteiger partial charge in [-0.1, -0.05) is 13.8 Å². The first kappa shape index (κ1) is 10.1. The lowest BCUT2D eigenvalue weighted by Gasteiger charge is -2.25. The van der Waals surface area contributed by atoms with Crippen LogP contribution >= 0.6 is 0 Å². The molecule has 0 aliphatic carbocycles. The molecule has 0 amide bonds. The molecule has 1 heterocycles. The molecule has 74 valence electrons. The van der Waals surface area contributed by atoms with Crippen molar-refractivity contribution in [2.75, 3.05) is 19.8 Å². The zero-order chi connectivity index (χ0) is 9.52. The molecule has 0 aromatic carbocycles. The second kappa shape index (κ2) is 5.62. The first-order valence-corrected chi connectivity index (χ1v) is 5.06. The summed E-state index contributed by atoms with van der Waals surface area (Å²) < 4.78 is 0. The van der Waals surface area contributed by atoms with Crippen molar-refractivity contribution in [2.45, 2.75) is 26.7 Å². The fourth-order valence-corrected chi connectivity index (χ4v) is 1.46. The molecular weight excluding hydrogens is 162 g/mol. The molecule has 0 bridgehead atoms. The van der Waals surface area contributed by atoms with E-state index < -0.39 is 0 Å². The van der Waals surface area contributed by atoms with Crippen molar-refractivity contribution < 1.29 is 0 Å². The van der Waals surface area contributed by atoms with E-state index in [0.29, 0.717) is 0 Å². The van der Waals surface area contributed by atoms with Crippen LogP contribution in [0.4, 0.5) is 0 Å². The van der Waals surface area contributed by atoms with Crippen LogP contribution in [0.5, 0.6) is 0 Å². The molecule has 3 heteroatoms. The third kappa shape index (κ3) is 3.09. The van der Waals surface area contributed by atoms with Gasteiger partial charge >= 0.3 is 0 Å². The van der Waals surface area contributed by atoms with E-state index in [0.717, 1.165) is 19.8 Å². The lowest BCUT2D eigenvalue weighted by Crippen LogP contribution is -2.29. The molecule has 0 saturated heterocycles. The Labute approximate surface area is 80.5 Å². The van der Waals surface area contributed by atoms with Gasteiger partial charge in [0.1, 0.15) is 6.67 Å². The molecule has 0 aromatic heterocycles. The van der Waals surface area contributed by atoms with Crippen molar-refractivity contribution in [3.8, 4) is 0 Å². The van der Waals surface area contributed by atoms with Crippen LogP contribution in [0.2, 0.25) is 0 Å². The van der Waals surface area contributed by atoms with Gasteiger partial charge in [-0.25, -0.2) is 0 Å². The van der Waals surface area contributed by atoms with Crippen LogP contribution in [0.3, 0.4) is 0 Å². The van der Waals surface area contributed by atoms with E-state index in [1.165, 1.54) is 18.5 Å². The third-order valence-electron chi connectivity index (χ3n) is 2.01. The second-order valence-corrected chi connectivity index (χ2v) is 3.23. The van der Waals surface area contributed by atoms with Crippen LogP contribution in [-0.4, -0.2) is 30.9 Å². The number of aliphatic imine (C=N–C) groups is 1. The van der Waals surface area contributed by atoms with Crippen LogP contribution in [0.25, 0.3) is 0 Å². The zero-order valence-electron chi connectivity index (χ0n) is 8.58. The maximum Gasteiger partial charge on any atom is 0.107 e. The van der Waals surface area contributed by atoms with E-state index >= 15 is 0 Å². The average Bonchev–Trinajstić information content (AvgIpc) is 2.19. The van der Waals surface area contributed by atoms with Crippen LogP contribution in [0, 0.1) is 0 Å². The van der Waals surface area contributed by atoms with E-state index in [9.17, 15) is 0 Å². The second-order valence-electron chi connectivity index (χ2n) is 3.23. The lowest BCUT2D eigenvalue weighted by molar-refractivity contribution is 0.358. The summed E-state index contributed by atoms with van der Waals surface area (Å²) in [5.41, 5.74) is 1.22. The van der Waals surface area contributed by atoms with E-state index in [1.807, 2.05) is 6.21 Å². The molecule has 3 nitrogen and oxygen atoms in total. The highest BCUT2D eigenvalue weighted by Crippen LogP contribution is 2.05. The quantitative estimate of drug-likeness (QED) is 0.697. The maximum absolute atomic E-state index is 4.20. The normalized spacial score (nSPS) is 15.1. The minimum atomic E-state index is 0.718. The minimum Gasteiger partial charge on any atom is -0.371 e. The molecule has 13 heavy (non-hydrogen) atoms. The Kier molecular flexibility index (Phi) is 4.36. The van der Waals surface area contributed by atoms with Gasteiger partial charge in [0, 0.05) is 25.5 Å². The Morgan fingerprint density at radius 3 is 2.54 bits per heavy atom. The van der Waals surface area contributed by atoms with Crippen LogP contribution in [0.1, 0.15) is 26.7 Å². The van der Waals surface area contributed by atoms with Gasteiger partial charge in [-0.2, -0.15) is 0 Å². The van der Waals surface area contributed by atoms with Crippen LogP contribution < -0.4 is 5.32 Å². The van der Waals surface area contributed by atoms with Gasteiger partial charge < -0.3 is 10.2 Å². The molecule has 0 fully saturated rings. The standard InChI is InChI=1S/C10H19N3/c1-3-5-13(6-4-2)10-7-11-9-12-8-10/h7-8,11H,3-6,9H2,1-2H3. The van der Waals surface area contributed by atoms with Gasteiger partial charge in [0.05, 0.1) is 5.70 Å². The molecule has 1 rings (SSSR count). The lowest BCUT2D eigenvalue weighted by atomic mass is 10.3. The van der Waals surface area contributed by atoms with E-state index in [2.05, 4.69) is 35.3 Å². The van der Waals surface area contributed by atoms with Crippen LogP contribution in [0.15, 0.2) is 16.9 Å². The van der Waals surface area contributed by atoms with Crippen molar-refractivity contribution in [1.29, 1.82) is 0 Å². The summed E-state index contributed by atoms with van der Waals surface area (Å²) >= 11 is 0. The highest BCUT2D eigenvalue weighted by molar-refractivity contribution is 5.78. The smallest absolute Gasteiger partial charge is 0.107 e. The van der Waals surface area contributed by atoms with Crippen molar-refractivity contribution >= 4 is 6.21 Å². The summed E-state index contributed by atoms with van der Waals surface area (Å²) in [6, 6.07) is 0. The highest BCUT2D eigenvalue weighted by Gasteiger charge is 2.06. The highest BCUT2D eigenvalue weighted by atomic mass is 15.2. The minimum absolute atomic E-state index is 0.718. The number of hydrogen-bond donors (Lipinski definition) is 1. The first-order chi connectivity index (χ1) is 6.38. The molecule has 1 aliphatic heterocycles. The fourth-order valence-electron chi connectivity index (χ4n) is 1.46. The Morgan fingerprint density at radius 2 is 2.08 bits per heavy atom. The first-order valence-electron chi connectivity index (χ1n) is 5.06. The molecule has 1 aliphatic rings. The molecule has 1 N–H and O–H groups in total. The van der Waals surface area contributed by atoms with E-state index in [1.54, 1.807) is 0 Å². The van der Waals surface area contributed by atoms with Gasteiger partial charge in [-0.3, -0.25) is 4.99 Å². The average molecular weight is 181 g/mol. The third-order valence-corrected chi connectivity index (χ3v) is 2.01. The van der Waals surface area contributed by atoms with Gasteiger partial charge in [0.2, 0.25) is 0 Å². The van der Waals surface area contributed by atoms with Gasteiger partial charge in [-0.05, 0) is 12.8 Å². The van der Waals surface area contributed by atoms with Crippen molar-refractivity contribution in [2.24, 2.45) is 4.99 Å². The molecule has 0 saturated carbocycles. The molecule has 0 unspecified atom stereocenters. The van der Waals surface area contributed by atoms with Crippen molar-refractivity contribution in [3.05, 3.63) is 11.9 Å². The van der Waals surface area contributed by atoms with Gasteiger partial charge in [0.15, 0.2) is 0 Å². The van der Waals surface area contributed by atoms with Crippen molar-refractivity contribution in [1.82, 2.24) is 10.2 Å². The predicted octanol–water partition coefficient (Wildman–Crippen LogP) is 1.58. The van der Waals surface area contributed by atoms with Gasteiger partial charge in [-0.15, -0.1) is 0 Å². The van der Waals surface area contributed by atoms with E-state index in [-0.39, 0.29) is 0 Å². The largest absolute Gasteiger partial charge is 0.371 e. The topological polar surface area (TPSA) is 27.6 Å². The molecule has 0 spiro atoms. The Balaban J connectivity index is 2.51. The maximum atomic E-state index is 4.20.